The van der Waals surface area contributed by atoms with Gasteiger partial charge in [-0.25, -0.2) is 0 Å². The van der Waals surface area contributed by atoms with E-state index < -0.39 is 0 Å². The van der Waals surface area contributed by atoms with Crippen molar-refractivity contribution in [2.24, 2.45) is 0 Å². The van der Waals surface area contributed by atoms with Crippen LogP contribution < -0.4 is 10.6 Å². The number of ether oxygens (including phenoxy) is 1. The van der Waals surface area contributed by atoms with Gasteiger partial charge in [0.15, 0.2) is 0 Å². The summed E-state index contributed by atoms with van der Waals surface area (Å²) in [5.74, 6) is 0. The first kappa shape index (κ1) is 11.0. The highest BCUT2D eigenvalue weighted by Gasteiger charge is 2.12. The molecule has 0 spiro atoms. The van der Waals surface area contributed by atoms with Crippen molar-refractivity contribution in [3.63, 3.8) is 0 Å². The van der Waals surface area contributed by atoms with Gasteiger partial charge in [0.05, 0.1) is 0 Å². The third kappa shape index (κ3) is 5.24. The van der Waals surface area contributed by atoms with E-state index in [1.54, 1.807) is 7.11 Å². The van der Waals surface area contributed by atoms with Gasteiger partial charge in [-0.2, -0.15) is 0 Å². The minimum absolute atomic E-state index is 0.724. The molecule has 1 aliphatic rings. The molecule has 1 rings (SSSR count). The van der Waals surface area contributed by atoms with E-state index >= 15 is 0 Å². The molecule has 78 valence electrons. The lowest BCUT2D eigenvalue weighted by atomic mass is 10.2. The van der Waals surface area contributed by atoms with Crippen molar-refractivity contribution >= 4 is 0 Å². The summed E-state index contributed by atoms with van der Waals surface area (Å²) in [5.41, 5.74) is 0. The molecule has 0 amide bonds. The van der Waals surface area contributed by atoms with Gasteiger partial charge in [0.25, 0.3) is 0 Å². The SMILES string of the molecule is COCCCCCNC1CCNC1. The average molecular weight is 186 g/mol. The maximum absolute atomic E-state index is 4.99. The summed E-state index contributed by atoms with van der Waals surface area (Å²) < 4.78 is 4.99. The van der Waals surface area contributed by atoms with Crippen LogP contribution in [-0.4, -0.2) is 39.4 Å². The minimum Gasteiger partial charge on any atom is -0.385 e. The molecule has 3 nitrogen and oxygen atoms in total. The van der Waals surface area contributed by atoms with Crippen molar-refractivity contribution in [2.75, 3.05) is 33.4 Å². The lowest BCUT2D eigenvalue weighted by Crippen LogP contribution is -2.31. The summed E-state index contributed by atoms with van der Waals surface area (Å²) in [7, 11) is 1.77. The Morgan fingerprint density at radius 1 is 1.38 bits per heavy atom. The molecule has 2 N–H and O–H groups in total. The van der Waals surface area contributed by atoms with Gasteiger partial charge in [-0.1, -0.05) is 0 Å². The number of hydrogen-bond acceptors (Lipinski definition) is 3. The van der Waals surface area contributed by atoms with Crippen LogP contribution in [0.1, 0.15) is 25.7 Å². The maximum Gasteiger partial charge on any atom is 0.0462 e. The first-order valence-electron chi connectivity index (χ1n) is 5.36. The smallest absolute Gasteiger partial charge is 0.0462 e. The van der Waals surface area contributed by atoms with Crippen molar-refractivity contribution < 1.29 is 4.74 Å². The average Bonchev–Trinajstić information content (AvgIpc) is 2.63. The fourth-order valence-electron chi connectivity index (χ4n) is 1.68. The zero-order valence-corrected chi connectivity index (χ0v) is 8.64. The highest BCUT2D eigenvalue weighted by Crippen LogP contribution is 1.98. The molecule has 1 unspecified atom stereocenters. The lowest BCUT2D eigenvalue weighted by Gasteiger charge is -2.10. The fraction of sp³-hybridized carbons (Fsp3) is 1.00. The maximum atomic E-state index is 4.99. The van der Waals surface area contributed by atoms with Crippen LogP contribution in [0, 0.1) is 0 Å². The number of rotatable bonds is 7. The van der Waals surface area contributed by atoms with Crippen molar-refractivity contribution in [2.45, 2.75) is 31.7 Å². The molecule has 0 bridgehead atoms. The Hall–Kier alpha value is -0.120. The molecule has 0 saturated carbocycles. The first-order chi connectivity index (χ1) is 6.43. The van der Waals surface area contributed by atoms with E-state index in [9.17, 15) is 0 Å². The van der Waals surface area contributed by atoms with Crippen molar-refractivity contribution in [3.05, 3.63) is 0 Å². The van der Waals surface area contributed by atoms with Gasteiger partial charge in [-0.3, -0.25) is 0 Å². The Morgan fingerprint density at radius 3 is 3.00 bits per heavy atom. The molecule has 13 heavy (non-hydrogen) atoms. The van der Waals surface area contributed by atoms with Gasteiger partial charge in [-0.05, 0) is 38.8 Å². The van der Waals surface area contributed by atoms with Gasteiger partial charge in [0, 0.05) is 26.3 Å². The summed E-state index contributed by atoms with van der Waals surface area (Å²) in [6.45, 7) is 4.40. The summed E-state index contributed by atoms with van der Waals surface area (Å²) in [5, 5.41) is 6.91. The standard InChI is InChI=1S/C10H22N2O/c1-13-8-4-2-3-6-12-10-5-7-11-9-10/h10-12H,2-9H2,1H3. The van der Waals surface area contributed by atoms with Crippen LogP contribution in [0.15, 0.2) is 0 Å². The first-order valence-corrected chi connectivity index (χ1v) is 5.36. The molecule has 0 aliphatic carbocycles. The molecular formula is C10H22N2O. The lowest BCUT2D eigenvalue weighted by molar-refractivity contribution is 0.192. The van der Waals surface area contributed by atoms with Crippen LogP contribution in [-0.2, 0) is 4.74 Å². The topological polar surface area (TPSA) is 33.3 Å². The number of hydrogen-bond donors (Lipinski definition) is 2. The number of nitrogens with one attached hydrogen (secondary N) is 2. The number of unbranched alkanes of at least 4 members (excludes halogenated alkanes) is 2. The van der Waals surface area contributed by atoms with Gasteiger partial charge < -0.3 is 15.4 Å². The van der Waals surface area contributed by atoms with E-state index in [4.69, 9.17) is 4.74 Å². The second-order valence-electron chi connectivity index (χ2n) is 3.70. The van der Waals surface area contributed by atoms with E-state index in [0.717, 1.165) is 25.7 Å². The number of methoxy groups -OCH3 is 1. The Kier molecular flexibility index (Phi) is 6.15. The second kappa shape index (κ2) is 7.30. The second-order valence-corrected chi connectivity index (χ2v) is 3.70. The highest BCUT2D eigenvalue weighted by atomic mass is 16.5. The molecule has 0 aromatic heterocycles. The molecule has 1 heterocycles. The van der Waals surface area contributed by atoms with Crippen LogP contribution in [0.2, 0.25) is 0 Å². The quantitative estimate of drug-likeness (QED) is 0.576. The van der Waals surface area contributed by atoms with Crippen molar-refractivity contribution in [3.8, 4) is 0 Å². The Labute approximate surface area is 81.2 Å². The third-order valence-corrected chi connectivity index (χ3v) is 2.52. The van der Waals surface area contributed by atoms with E-state index in [-0.39, 0.29) is 0 Å². The summed E-state index contributed by atoms with van der Waals surface area (Å²) in [4.78, 5) is 0. The Bertz CT molecular complexity index is 113. The van der Waals surface area contributed by atoms with E-state index in [2.05, 4.69) is 10.6 Å². The minimum atomic E-state index is 0.724. The molecule has 1 saturated heterocycles. The molecular weight excluding hydrogens is 164 g/mol. The van der Waals surface area contributed by atoms with Crippen LogP contribution in [0.25, 0.3) is 0 Å². The highest BCUT2D eigenvalue weighted by molar-refractivity contribution is 4.76. The van der Waals surface area contributed by atoms with E-state index in [0.29, 0.717) is 0 Å². The fourth-order valence-corrected chi connectivity index (χ4v) is 1.68. The summed E-state index contributed by atoms with van der Waals surface area (Å²) in [6.07, 6.45) is 5.04. The van der Waals surface area contributed by atoms with Gasteiger partial charge in [0.1, 0.15) is 0 Å². The predicted molar refractivity (Wildman–Crippen MR) is 55.0 cm³/mol. The molecule has 0 aromatic carbocycles. The Balaban J connectivity index is 1.78. The van der Waals surface area contributed by atoms with Gasteiger partial charge in [-0.15, -0.1) is 0 Å². The van der Waals surface area contributed by atoms with E-state index in [1.807, 2.05) is 0 Å². The zero-order valence-electron chi connectivity index (χ0n) is 8.64. The molecule has 0 aromatic rings. The summed E-state index contributed by atoms with van der Waals surface area (Å²) in [6, 6.07) is 0.724. The van der Waals surface area contributed by atoms with E-state index in [1.165, 1.54) is 32.2 Å². The van der Waals surface area contributed by atoms with Crippen LogP contribution in [0.3, 0.4) is 0 Å². The Morgan fingerprint density at radius 2 is 2.31 bits per heavy atom. The van der Waals surface area contributed by atoms with Crippen LogP contribution in [0.5, 0.6) is 0 Å². The molecule has 0 radical (unpaired) electrons. The predicted octanol–water partition coefficient (Wildman–Crippen LogP) is 0.755. The van der Waals surface area contributed by atoms with Crippen molar-refractivity contribution in [1.29, 1.82) is 0 Å². The van der Waals surface area contributed by atoms with Crippen molar-refractivity contribution in [1.82, 2.24) is 10.6 Å². The van der Waals surface area contributed by atoms with Gasteiger partial charge in [0.2, 0.25) is 0 Å². The third-order valence-electron chi connectivity index (χ3n) is 2.52. The van der Waals surface area contributed by atoms with Gasteiger partial charge >= 0.3 is 0 Å². The van der Waals surface area contributed by atoms with Crippen LogP contribution in [0.4, 0.5) is 0 Å². The molecule has 1 fully saturated rings. The molecule has 3 heteroatoms. The van der Waals surface area contributed by atoms with Crippen LogP contribution >= 0.6 is 0 Å². The zero-order chi connectivity index (χ0) is 9.36. The largest absolute Gasteiger partial charge is 0.385 e. The normalized spacial score (nSPS) is 22.4. The molecule has 1 atom stereocenters. The monoisotopic (exact) mass is 186 g/mol. The molecule has 1 aliphatic heterocycles. The summed E-state index contributed by atoms with van der Waals surface area (Å²) >= 11 is 0.